The molecule has 1 aromatic carbocycles. The van der Waals surface area contributed by atoms with Crippen molar-refractivity contribution in [2.24, 2.45) is 0 Å². The highest BCUT2D eigenvalue weighted by Crippen LogP contribution is 2.21. The minimum Gasteiger partial charge on any atom is -0.392 e. The number of hydrogen-bond acceptors (Lipinski definition) is 3. The Morgan fingerprint density at radius 1 is 1.28 bits per heavy atom. The van der Waals surface area contributed by atoms with Crippen LogP contribution in [0.25, 0.3) is 0 Å². The molecule has 0 aromatic heterocycles. The lowest BCUT2D eigenvalue weighted by Crippen LogP contribution is -2.52. The van der Waals surface area contributed by atoms with Crippen LogP contribution in [-0.2, 0) is 6.61 Å². The van der Waals surface area contributed by atoms with E-state index < -0.39 is 0 Å². The van der Waals surface area contributed by atoms with Crippen LogP contribution >= 0.6 is 0 Å². The van der Waals surface area contributed by atoms with Gasteiger partial charge in [0, 0.05) is 31.9 Å². The summed E-state index contributed by atoms with van der Waals surface area (Å²) >= 11 is 0. The monoisotopic (exact) mass is 247 g/mol. The van der Waals surface area contributed by atoms with E-state index in [1.165, 1.54) is 0 Å². The normalized spacial score (nSPS) is 22.9. The molecule has 5 heteroatoms. The molecule has 0 saturated carbocycles. The zero-order valence-electron chi connectivity index (χ0n) is 10.2. The summed E-state index contributed by atoms with van der Waals surface area (Å²) in [7, 11) is 0. The zero-order chi connectivity index (χ0) is 12.5. The predicted molar refractivity (Wildman–Crippen MR) is 68.5 cm³/mol. The average Bonchev–Trinajstić information content (AvgIpc) is 2.80. The maximum Gasteiger partial charge on any atom is 0.317 e. The van der Waals surface area contributed by atoms with E-state index in [-0.39, 0.29) is 18.7 Å². The third-order valence-electron chi connectivity index (χ3n) is 3.72. The number of aliphatic hydroxyl groups excluding tert-OH is 1. The van der Waals surface area contributed by atoms with Crippen LogP contribution in [0.4, 0.5) is 10.5 Å². The first kappa shape index (κ1) is 11.3. The molecule has 3 rings (SSSR count). The van der Waals surface area contributed by atoms with E-state index in [0.717, 1.165) is 37.4 Å². The number of nitrogens with zero attached hydrogens (tertiary/aromatic N) is 2. The van der Waals surface area contributed by atoms with Crippen molar-refractivity contribution < 1.29 is 9.90 Å². The van der Waals surface area contributed by atoms with E-state index in [9.17, 15) is 4.79 Å². The van der Waals surface area contributed by atoms with Gasteiger partial charge in [-0.25, -0.2) is 4.79 Å². The Morgan fingerprint density at radius 3 is 2.78 bits per heavy atom. The lowest BCUT2D eigenvalue weighted by Gasteiger charge is -2.37. The van der Waals surface area contributed by atoms with Crippen molar-refractivity contribution in [2.45, 2.75) is 12.6 Å². The Kier molecular flexibility index (Phi) is 2.83. The molecule has 0 spiro atoms. The number of rotatable bonds is 2. The van der Waals surface area contributed by atoms with Crippen molar-refractivity contribution in [3.05, 3.63) is 29.8 Å². The zero-order valence-corrected chi connectivity index (χ0v) is 10.2. The Balaban J connectivity index is 1.72. The number of nitrogens with one attached hydrogen (secondary N) is 1. The second-order valence-corrected chi connectivity index (χ2v) is 4.80. The predicted octanol–water partition coefficient (Wildman–Crippen LogP) is 0.393. The topological polar surface area (TPSA) is 55.8 Å². The molecule has 2 aliphatic heterocycles. The van der Waals surface area contributed by atoms with Gasteiger partial charge in [-0.1, -0.05) is 12.1 Å². The van der Waals surface area contributed by atoms with Crippen LogP contribution in [0.3, 0.4) is 0 Å². The molecule has 2 fully saturated rings. The van der Waals surface area contributed by atoms with Crippen LogP contribution in [0.5, 0.6) is 0 Å². The number of amides is 2. The summed E-state index contributed by atoms with van der Waals surface area (Å²) in [6, 6.07) is 8.30. The van der Waals surface area contributed by atoms with Gasteiger partial charge in [0.15, 0.2) is 0 Å². The van der Waals surface area contributed by atoms with Crippen molar-refractivity contribution in [1.82, 2.24) is 10.2 Å². The molecule has 2 N–H and O–H groups in total. The first-order valence-corrected chi connectivity index (χ1v) is 6.27. The smallest absolute Gasteiger partial charge is 0.317 e. The van der Waals surface area contributed by atoms with Gasteiger partial charge < -0.3 is 20.2 Å². The third kappa shape index (κ3) is 1.90. The van der Waals surface area contributed by atoms with E-state index in [1.807, 2.05) is 29.2 Å². The van der Waals surface area contributed by atoms with Gasteiger partial charge in [-0.3, -0.25) is 0 Å². The number of carbonyl (C=O) groups excluding carboxylic acids is 1. The van der Waals surface area contributed by atoms with Crippen LogP contribution < -0.4 is 10.2 Å². The first-order chi connectivity index (χ1) is 8.78. The van der Waals surface area contributed by atoms with Crippen LogP contribution in [0.15, 0.2) is 24.3 Å². The molecule has 1 aromatic rings. The van der Waals surface area contributed by atoms with E-state index in [0.29, 0.717) is 0 Å². The summed E-state index contributed by atoms with van der Waals surface area (Å²) in [6.45, 7) is 3.33. The van der Waals surface area contributed by atoms with Crippen molar-refractivity contribution in [1.29, 1.82) is 0 Å². The van der Waals surface area contributed by atoms with E-state index >= 15 is 0 Å². The number of fused-ring (bicyclic) bond motifs is 1. The highest BCUT2D eigenvalue weighted by atomic mass is 16.3. The van der Waals surface area contributed by atoms with Gasteiger partial charge in [0.05, 0.1) is 12.6 Å². The van der Waals surface area contributed by atoms with Crippen molar-refractivity contribution in [2.75, 3.05) is 31.1 Å². The summed E-state index contributed by atoms with van der Waals surface area (Å²) in [6.07, 6.45) is 0. The average molecular weight is 247 g/mol. The molecule has 0 bridgehead atoms. The van der Waals surface area contributed by atoms with E-state index in [1.54, 1.807) is 0 Å². The highest BCUT2D eigenvalue weighted by molar-refractivity contribution is 5.77. The molecule has 2 saturated heterocycles. The molecular formula is C13H17N3O2. The van der Waals surface area contributed by atoms with Crippen LogP contribution in [0, 0.1) is 0 Å². The first-order valence-electron chi connectivity index (χ1n) is 6.27. The molecule has 2 heterocycles. The van der Waals surface area contributed by atoms with Gasteiger partial charge in [-0.15, -0.1) is 0 Å². The lowest BCUT2D eigenvalue weighted by molar-refractivity contribution is 0.197. The molecule has 2 aliphatic rings. The van der Waals surface area contributed by atoms with Gasteiger partial charge in [0.25, 0.3) is 0 Å². The van der Waals surface area contributed by atoms with Crippen molar-refractivity contribution in [3.8, 4) is 0 Å². The fourth-order valence-electron chi connectivity index (χ4n) is 2.65. The lowest BCUT2D eigenvalue weighted by atomic mass is 10.1. The molecule has 96 valence electrons. The Hall–Kier alpha value is -1.75. The maximum atomic E-state index is 11.5. The maximum absolute atomic E-state index is 11.5. The highest BCUT2D eigenvalue weighted by Gasteiger charge is 2.35. The molecule has 18 heavy (non-hydrogen) atoms. The number of aliphatic hydroxyl groups is 1. The molecule has 0 radical (unpaired) electrons. The number of hydrogen-bond donors (Lipinski definition) is 2. The van der Waals surface area contributed by atoms with Crippen LogP contribution in [0.1, 0.15) is 5.56 Å². The number of anilines is 1. The molecule has 2 amide bonds. The summed E-state index contributed by atoms with van der Waals surface area (Å²) in [4.78, 5) is 15.7. The van der Waals surface area contributed by atoms with Gasteiger partial charge >= 0.3 is 6.03 Å². The Labute approximate surface area is 106 Å². The summed E-state index contributed by atoms with van der Waals surface area (Å²) < 4.78 is 0. The van der Waals surface area contributed by atoms with Crippen molar-refractivity contribution in [3.63, 3.8) is 0 Å². The second-order valence-electron chi connectivity index (χ2n) is 4.80. The molecule has 0 aliphatic carbocycles. The third-order valence-corrected chi connectivity index (χ3v) is 3.72. The fourth-order valence-corrected chi connectivity index (χ4v) is 2.65. The fraction of sp³-hybridized carbons (Fsp3) is 0.462. The largest absolute Gasteiger partial charge is 0.392 e. The Bertz CT molecular complexity index is 446. The standard InChI is InChI=1S/C13H17N3O2/c17-9-10-1-3-11(4-2-10)15-5-6-16-12(8-15)7-14-13(16)18/h1-4,12,17H,5-9H2,(H,14,18). The number of benzene rings is 1. The summed E-state index contributed by atoms with van der Waals surface area (Å²) in [5, 5.41) is 11.9. The van der Waals surface area contributed by atoms with E-state index in [4.69, 9.17) is 5.11 Å². The molecular weight excluding hydrogens is 230 g/mol. The van der Waals surface area contributed by atoms with Crippen molar-refractivity contribution >= 4 is 11.7 Å². The molecule has 5 nitrogen and oxygen atoms in total. The van der Waals surface area contributed by atoms with Gasteiger partial charge in [-0.2, -0.15) is 0 Å². The Morgan fingerprint density at radius 2 is 2.06 bits per heavy atom. The van der Waals surface area contributed by atoms with Crippen LogP contribution in [0.2, 0.25) is 0 Å². The minimum atomic E-state index is 0.0651. The van der Waals surface area contributed by atoms with E-state index in [2.05, 4.69) is 10.2 Å². The number of piperazine rings is 1. The van der Waals surface area contributed by atoms with Crippen LogP contribution in [-0.4, -0.2) is 48.3 Å². The molecule has 1 atom stereocenters. The van der Waals surface area contributed by atoms with Gasteiger partial charge in [0.1, 0.15) is 0 Å². The molecule has 1 unspecified atom stereocenters. The van der Waals surface area contributed by atoms with Gasteiger partial charge in [-0.05, 0) is 17.7 Å². The SMILES string of the molecule is O=C1NCC2CN(c3ccc(CO)cc3)CCN12. The quantitative estimate of drug-likeness (QED) is 0.795. The second kappa shape index (κ2) is 4.49. The van der Waals surface area contributed by atoms with Gasteiger partial charge in [0.2, 0.25) is 0 Å². The number of carbonyl (C=O) groups is 1. The summed E-state index contributed by atoms with van der Waals surface area (Å²) in [5.41, 5.74) is 2.08. The number of urea groups is 1. The summed E-state index contributed by atoms with van der Waals surface area (Å²) in [5.74, 6) is 0. The minimum absolute atomic E-state index is 0.0651.